The van der Waals surface area contributed by atoms with E-state index < -0.39 is 0 Å². The number of nitrogens with one attached hydrogen (secondary N) is 2. The van der Waals surface area contributed by atoms with Crippen molar-refractivity contribution in [2.24, 2.45) is 0 Å². The molecule has 3 heterocycles. The van der Waals surface area contributed by atoms with Gasteiger partial charge in [0, 0.05) is 48.8 Å². The smallest absolute Gasteiger partial charge is 0.275 e. The molecule has 1 aromatic heterocycles. The van der Waals surface area contributed by atoms with E-state index in [-0.39, 0.29) is 24.4 Å². The number of hydrogen-bond acceptors (Lipinski definition) is 4. The number of halogens is 1. The average Bonchev–Trinajstić information content (AvgIpc) is 3.06. The maximum absolute atomic E-state index is 13.1. The Morgan fingerprint density at radius 1 is 1.29 bits per heavy atom. The molecule has 1 saturated heterocycles. The van der Waals surface area contributed by atoms with Gasteiger partial charge in [0.25, 0.3) is 5.91 Å². The van der Waals surface area contributed by atoms with Crippen molar-refractivity contribution in [2.45, 2.75) is 19.0 Å². The molecule has 0 saturated carbocycles. The summed E-state index contributed by atoms with van der Waals surface area (Å²) in [6.45, 7) is 2.44. The predicted molar refractivity (Wildman–Crippen MR) is 98.8 cm³/mol. The Hall–Kier alpha value is -1.50. The highest BCUT2D eigenvalue weighted by Crippen LogP contribution is 2.31. The maximum Gasteiger partial charge on any atom is 0.275 e. The molecule has 2 aliphatic rings. The Morgan fingerprint density at radius 3 is 2.96 bits per heavy atom. The molecule has 0 spiro atoms. The molecule has 0 radical (unpaired) electrons. The van der Waals surface area contributed by atoms with Gasteiger partial charge in [0.05, 0.1) is 6.04 Å². The van der Waals surface area contributed by atoms with E-state index in [1.165, 1.54) is 5.56 Å². The normalized spacial score (nSPS) is 20.2. The third-order valence-corrected chi connectivity index (χ3v) is 5.61. The fraction of sp³-hybridized carbons (Fsp3) is 0.412. The van der Waals surface area contributed by atoms with Crippen LogP contribution in [-0.4, -0.2) is 45.6 Å². The molecule has 128 valence electrons. The molecule has 5 nitrogen and oxygen atoms in total. The van der Waals surface area contributed by atoms with Crippen LogP contribution in [0.5, 0.6) is 0 Å². The number of fused-ring (bicyclic) bond motifs is 1. The number of aromatic amines is 1. The number of H-pyrrole nitrogens is 1. The molecule has 1 unspecified atom stereocenters. The second kappa shape index (κ2) is 7.59. The first kappa shape index (κ1) is 17.3. The van der Waals surface area contributed by atoms with Gasteiger partial charge in [0.15, 0.2) is 5.69 Å². The molecule has 1 aromatic carbocycles. The van der Waals surface area contributed by atoms with Gasteiger partial charge in [-0.3, -0.25) is 9.89 Å². The maximum atomic E-state index is 13.1. The second-order valence-corrected chi connectivity index (χ2v) is 7.11. The highest BCUT2D eigenvalue weighted by atomic mass is 35.5. The molecule has 1 fully saturated rings. The van der Waals surface area contributed by atoms with Gasteiger partial charge in [-0.05, 0) is 5.56 Å². The molecule has 2 N–H and O–H groups in total. The zero-order valence-corrected chi connectivity index (χ0v) is 15.0. The number of carbonyl (C=O) groups is 1. The lowest BCUT2D eigenvalue weighted by Crippen LogP contribution is -2.41. The van der Waals surface area contributed by atoms with Crippen molar-refractivity contribution in [1.82, 2.24) is 20.4 Å². The lowest BCUT2D eigenvalue weighted by molar-refractivity contribution is 0.0694. The third-order valence-electron chi connectivity index (χ3n) is 4.58. The Kier molecular flexibility index (Phi) is 5.48. The quantitative estimate of drug-likeness (QED) is 0.859. The average molecular weight is 365 g/mol. The van der Waals surface area contributed by atoms with Crippen LogP contribution in [0.1, 0.15) is 33.4 Å². The summed E-state index contributed by atoms with van der Waals surface area (Å²) in [5, 5.41) is 10.7. The van der Waals surface area contributed by atoms with E-state index in [1.54, 1.807) is 0 Å². The molecule has 1 atom stereocenters. The van der Waals surface area contributed by atoms with Gasteiger partial charge >= 0.3 is 0 Å². The van der Waals surface area contributed by atoms with Crippen LogP contribution < -0.4 is 5.32 Å². The number of hydrogen-bond donors (Lipinski definition) is 2. The summed E-state index contributed by atoms with van der Waals surface area (Å²) >= 11 is 1.91. The SMILES string of the molecule is Cl.O=C(c1n[nH]c2c1CNCC2)N1CCSCC1c1ccccc1. The van der Waals surface area contributed by atoms with Gasteiger partial charge in [-0.25, -0.2) is 0 Å². The van der Waals surface area contributed by atoms with Crippen molar-refractivity contribution in [3.05, 3.63) is 52.8 Å². The number of nitrogens with zero attached hydrogens (tertiary/aromatic N) is 2. The van der Waals surface area contributed by atoms with Crippen molar-refractivity contribution in [2.75, 3.05) is 24.6 Å². The Bertz CT molecular complexity index is 706. The van der Waals surface area contributed by atoms with Crippen LogP contribution in [0.3, 0.4) is 0 Å². The summed E-state index contributed by atoms with van der Waals surface area (Å²) in [5.74, 6) is 1.99. The largest absolute Gasteiger partial charge is 0.329 e. The molecule has 0 bridgehead atoms. The van der Waals surface area contributed by atoms with Crippen molar-refractivity contribution < 1.29 is 4.79 Å². The van der Waals surface area contributed by atoms with Gasteiger partial charge in [-0.15, -0.1) is 12.4 Å². The minimum Gasteiger partial charge on any atom is -0.329 e. The highest BCUT2D eigenvalue weighted by molar-refractivity contribution is 7.99. The highest BCUT2D eigenvalue weighted by Gasteiger charge is 2.32. The van der Waals surface area contributed by atoms with Crippen LogP contribution in [-0.2, 0) is 13.0 Å². The third kappa shape index (κ3) is 3.18. The topological polar surface area (TPSA) is 61.0 Å². The lowest BCUT2D eigenvalue weighted by Gasteiger charge is -2.35. The van der Waals surface area contributed by atoms with E-state index in [0.29, 0.717) is 5.69 Å². The molecule has 2 aromatic rings. The Balaban J connectivity index is 0.00000169. The minimum atomic E-state index is 0. The summed E-state index contributed by atoms with van der Waals surface area (Å²) < 4.78 is 0. The van der Waals surface area contributed by atoms with Crippen LogP contribution in [0.15, 0.2) is 30.3 Å². The molecular formula is C17H21ClN4OS. The van der Waals surface area contributed by atoms with Crippen LogP contribution in [0.4, 0.5) is 0 Å². The van der Waals surface area contributed by atoms with E-state index in [4.69, 9.17) is 0 Å². The predicted octanol–water partition coefficient (Wildman–Crippen LogP) is 2.41. The van der Waals surface area contributed by atoms with E-state index in [1.807, 2.05) is 34.9 Å². The number of benzene rings is 1. The number of thioether (sulfide) groups is 1. The van der Waals surface area contributed by atoms with Gasteiger partial charge in [-0.2, -0.15) is 16.9 Å². The van der Waals surface area contributed by atoms with Crippen LogP contribution >= 0.6 is 24.2 Å². The first-order valence-electron chi connectivity index (χ1n) is 8.05. The molecule has 0 aliphatic carbocycles. The standard InChI is InChI=1S/C17H20N4OS.ClH/c22-17(16-13-10-18-7-6-14(13)19-20-16)21-8-9-23-11-15(21)12-4-2-1-3-5-12;/h1-5,15,18H,6-11H2,(H,19,20);1H. The van der Waals surface area contributed by atoms with E-state index >= 15 is 0 Å². The fourth-order valence-corrected chi connectivity index (χ4v) is 4.42. The Labute approximate surface area is 152 Å². The summed E-state index contributed by atoms with van der Waals surface area (Å²) in [6.07, 6.45) is 0.910. The first-order chi connectivity index (χ1) is 11.3. The van der Waals surface area contributed by atoms with E-state index in [9.17, 15) is 4.79 Å². The fourth-order valence-electron chi connectivity index (χ4n) is 3.34. The first-order valence-corrected chi connectivity index (χ1v) is 9.20. The van der Waals surface area contributed by atoms with Crippen molar-refractivity contribution in [1.29, 1.82) is 0 Å². The number of carbonyl (C=O) groups excluding carboxylic acids is 1. The molecule has 24 heavy (non-hydrogen) atoms. The number of rotatable bonds is 2. The van der Waals surface area contributed by atoms with Gasteiger partial charge in [0.1, 0.15) is 0 Å². The summed E-state index contributed by atoms with van der Waals surface area (Å²) in [7, 11) is 0. The van der Waals surface area contributed by atoms with Crippen LogP contribution in [0.2, 0.25) is 0 Å². The van der Waals surface area contributed by atoms with Gasteiger partial charge in [0.2, 0.25) is 0 Å². The number of aromatic nitrogens is 2. The molecule has 7 heteroatoms. The van der Waals surface area contributed by atoms with Crippen molar-refractivity contribution >= 4 is 30.1 Å². The summed E-state index contributed by atoms with van der Waals surface area (Å²) in [5.41, 5.74) is 3.96. The van der Waals surface area contributed by atoms with Crippen LogP contribution in [0, 0.1) is 0 Å². The van der Waals surface area contributed by atoms with Crippen molar-refractivity contribution in [3.63, 3.8) is 0 Å². The van der Waals surface area contributed by atoms with Gasteiger partial charge in [-0.1, -0.05) is 30.3 Å². The zero-order valence-electron chi connectivity index (χ0n) is 13.3. The number of amides is 1. The lowest BCUT2D eigenvalue weighted by atomic mass is 10.0. The second-order valence-electron chi connectivity index (χ2n) is 5.96. The molecule has 1 amide bonds. The van der Waals surface area contributed by atoms with Gasteiger partial charge < -0.3 is 10.2 Å². The molecular weight excluding hydrogens is 344 g/mol. The monoisotopic (exact) mass is 364 g/mol. The Morgan fingerprint density at radius 2 is 2.12 bits per heavy atom. The summed E-state index contributed by atoms with van der Waals surface area (Å²) in [4.78, 5) is 15.1. The van der Waals surface area contributed by atoms with Crippen LogP contribution in [0.25, 0.3) is 0 Å². The summed E-state index contributed by atoms with van der Waals surface area (Å²) in [6, 6.07) is 10.4. The molecule has 2 aliphatic heterocycles. The van der Waals surface area contributed by atoms with E-state index in [0.717, 1.165) is 48.8 Å². The zero-order chi connectivity index (χ0) is 15.6. The van der Waals surface area contributed by atoms with E-state index in [2.05, 4.69) is 27.6 Å². The van der Waals surface area contributed by atoms with Crippen molar-refractivity contribution in [3.8, 4) is 0 Å². The minimum absolute atomic E-state index is 0. The molecule has 4 rings (SSSR count).